The van der Waals surface area contributed by atoms with E-state index < -0.39 is 55.4 Å². The molecule has 9 aliphatic heterocycles. The van der Waals surface area contributed by atoms with Gasteiger partial charge in [0, 0.05) is 137 Å². The summed E-state index contributed by atoms with van der Waals surface area (Å²) in [6.07, 6.45) is 4.63. The van der Waals surface area contributed by atoms with Crippen LogP contribution in [0.1, 0.15) is 130 Å². The first-order valence-corrected chi connectivity index (χ1v) is 43.4. The van der Waals surface area contributed by atoms with Crippen LogP contribution in [0.15, 0.2) is 159 Å². The summed E-state index contributed by atoms with van der Waals surface area (Å²) in [6.45, 7) is 12.6. The number of fused-ring (bicyclic) bond motifs is 12. The molecule has 0 saturated carbocycles. The van der Waals surface area contributed by atoms with Gasteiger partial charge in [-0.15, -0.1) is 23.2 Å². The highest BCUT2D eigenvalue weighted by Crippen LogP contribution is 2.50. The number of aromatic hydroxyl groups is 1. The van der Waals surface area contributed by atoms with Crippen LogP contribution in [-0.4, -0.2) is 216 Å². The number of phenols is 1. The summed E-state index contributed by atoms with van der Waals surface area (Å²) in [6, 6.07) is 39.9. The van der Waals surface area contributed by atoms with Gasteiger partial charge in [0.15, 0.2) is 48.0 Å². The predicted octanol–water partition coefficient (Wildman–Crippen LogP) is 15.4. The molecular weight excluding hydrogens is 1620 g/mol. The fourth-order valence-electron chi connectivity index (χ4n) is 18.3. The van der Waals surface area contributed by atoms with E-state index in [-0.39, 0.29) is 126 Å². The number of likely N-dealkylation sites (N-methyl/N-ethyl adjacent to an activating group) is 1. The normalized spacial score (nSPS) is 21.4. The van der Waals surface area contributed by atoms with Crippen molar-refractivity contribution < 1.29 is 90.8 Å². The van der Waals surface area contributed by atoms with Gasteiger partial charge in [0.05, 0.1) is 73.4 Å². The molecule has 0 aromatic heterocycles. The van der Waals surface area contributed by atoms with Crippen molar-refractivity contribution in [3.8, 4) is 34.5 Å². The SMILES string of the molecule is C=CCOC(=O)N1c2cc(OCCCC(=O)N3C[C@@H](CCl)c4c3cc(O)c3ccccc43)c(OC)cc2C(=O)N2Cc3ccccc3C[C@H]2C1OC1CCCCO1.C=CCOC(=O)N1c2cc(OCCCC(=O)N3C[C@@H](CCl)c4c3cc(OC(=O)N3CCN(C)CC3)c3ccccc43)c(OC)cc2C(=O)N2Cc3ccccc3C[C@H]2C1OC1CCCCO1. The average Bonchev–Trinajstić information content (AvgIpc) is 1.61. The fraction of sp³-hybridized carbons (Fsp3) is 0.415. The van der Waals surface area contributed by atoms with Gasteiger partial charge in [-0.25, -0.2) is 24.2 Å². The number of amides is 7. The topological polar surface area (TPSA) is 267 Å². The third-order valence-electron chi connectivity index (χ3n) is 24.5. The summed E-state index contributed by atoms with van der Waals surface area (Å²) < 4.78 is 67.2. The van der Waals surface area contributed by atoms with Gasteiger partial charge < -0.3 is 86.6 Å². The molecule has 0 radical (unpaired) electrons. The predicted molar refractivity (Wildman–Crippen MR) is 464 cm³/mol. The number of halogens is 2. The van der Waals surface area contributed by atoms with E-state index in [4.69, 9.17) is 75.3 Å². The van der Waals surface area contributed by atoms with Crippen LogP contribution >= 0.6 is 23.2 Å². The van der Waals surface area contributed by atoms with E-state index in [2.05, 4.69) is 18.1 Å². The molecule has 0 aliphatic carbocycles. The largest absolute Gasteiger partial charge is 0.507 e. The van der Waals surface area contributed by atoms with Crippen molar-refractivity contribution in [2.75, 3.05) is 132 Å². The first-order chi connectivity index (χ1) is 60.0. The Hall–Kier alpha value is -11.2. The summed E-state index contributed by atoms with van der Waals surface area (Å²) in [5.74, 6) is 1.17. The number of carbonyl (C=O) groups is 7. The second-order valence-electron chi connectivity index (χ2n) is 32.1. The highest BCUT2D eigenvalue weighted by molar-refractivity contribution is 6.20. The van der Waals surface area contributed by atoms with E-state index in [9.17, 15) is 38.7 Å². The molecule has 9 heterocycles. The first-order valence-electron chi connectivity index (χ1n) is 42.3. The number of anilines is 4. The molecule has 29 heteroatoms. The number of rotatable bonds is 23. The molecule has 8 aromatic rings. The van der Waals surface area contributed by atoms with Crippen LogP contribution in [0.3, 0.4) is 0 Å². The van der Waals surface area contributed by atoms with Crippen molar-refractivity contribution in [2.24, 2.45) is 0 Å². The molecule has 3 saturated heterocycles. The molecule has 27 nitrogen and oxygen atoms in total. The number of hydrogen-bond acceptors (Lipinski definition) is 20. The highest BCUT2D eigenvalue weighted by atomic mass is 35.5. The number of ether oxygens (including phenoxy) is 11. The number of nitrogens with zero attached hydrogens (tertiary/aromatic N) is 8. The quantitative estimate of drug-likeness (QED) is 0.0354. The number of piperazine rings is 1. The second-order valence-corrected chi connectivity index (χ2v) is 32.7. The maximum absolute atomic E-state index is 14.8. The van der Waals surface area contributed by atoms with Gasteiger partial charge >= 0.3 is 18.3 Å². The molecule has 3 fully saturated rings. The molecule has 9 aliphatic rings. The minimum absolute atomic E-state index is 0.0566. The van der Waals surface area contributed by atoms with Crippen LogP contribution in [0.2, 0.25) is 0 Å². The van der Waals surface area contributed by atoms with Crippen molar-refractivity contribution in [1.82, 2.24) is 19.6 Å². The minimum Gasteiger partial charge on any atom is -0.507 e. The van der Waals surface area contributed by atoms with E-state index in [1.54, 1.807) is 60.9 Å². The van der Waals surface area contributed by atoms with Gasteiger partial charge in [0.1, 0.15) is 24.7 Å². The monoisotopic (exact) mass is 1720 g/mol. The smallest absolute Gasteiger partial charge is 0.416 e. The number of alkyl halides is 2. The number of phenolic OH excluding ortho intramolecular Hbond substituents is 1. The summed E-state index contributed by atoms with van der Waals surface area (Å²) in [5, 5.41) is 14.1. The lowest BCUT2D eigenvalue weighted by molar-refractivity contribution is -0.198. The molecule has 7 amide bonds. The Labute approximate surface area is 724 Å². The second kappa shape index (κ2) is 38.3. The molecule has 0 bridgehead atoms. The van der Waals surface area contributed by atoms with Gasteiger partial charge in [-0.05, 0) is 128 Å². The van der Waals surface area contributed by atoms with Crippen LogP contribution < -0.4 is 43.3 Å². The Morgan fingerprint density at radius 1 is 0.512 bits per heavy atom. The van der Waals surface area contributed by atoms with Crippen molar-refractivity contribution in [3.63, 3.8) is 0 Å². The summed E-state index contributed by atoms with van der Waals surface area (Å²) in [4.78, 5) is 113. The summed E-state index contributed by atoms with van der Waals surface area (Å²) in [7, 11) is 5.00. The summed E-state index contributed by atoms with van der Waals surface area (Å²) in [5.41, 5.74) is 8.30. The van der Waals surface area contributed by atoms with Crippen LogP contribution in [0, 0.1) is 0 Å². The van der Waals surface area contributed by atoms with Crippen molar-refractivity contribution >= 4 is 109 Å². The number of carbonyl (C=O) groups excluding carboxylic acids is 7. The standard InChI is InChI=1S/C50H56ClN5O10.C44H46ClN3O9/c1-4-22-64-50(60)56-38-27-43(42(61-3)26-37(38)47(58)55-30-33-13-6-5-12-32(33)25-40(55)48(56)66-45-17-9-10-23-63-45)62-24-11-16-44(57)54-31-34(29-51)46-36-15-8-7-14-35(36)41(28-39(46)54)65-49(59)53-20-18-52(2)19-21-53;1-3-17-56-44(52)48-33-23-38(54-19-10-15-39(50)46-26-29(24-45)41-31-14-7-6-13-30(31)36(49)22-34(41)46)37(53-2)21-32(33)42(51)47-25-28-12-5-4-11-27(28)20-35(47)43(48)57-40-16-8-9-18-55-40/h4-8,12-15,26-28,34,40,45,48H,1,9-11,16-25,29-31H2,2-3H3;3-7,11-14,21-23,29,35,40,43,49H,1,8-10,15-20,24-26H2,2H3/t34-,40+,45?,48?;29-,35+,40?,43?/m11/s1. The van der Waals surface area contributed by atoms with E-state index in [1.807, 2.05) is 104 Å². The number of methoxy groups -OCH3 is 2. The molecule has 8 atom stereocenters. The average molecular weight is 1720 g/mol. The van der Waals surface area contributed by atoms with Gasteiger partial charge in [0.25, 0.3) is 11.8 Å². The van der Waals surface area contributed by atoms with E-state index >= 15 is 0 Å². The molecule has 8 aromatic carbocycles. The van der Waals surface area contributed by atoms with E-state index in [1.165, 1.54) is 36.2 Å². The van der Waals surface area contributed by atoms with Gasteiger partial charge in [-0.2, -0.15) is 0 Å². The molecule has 646 valence electrons. The Morgan fingerprint density at radius 2 is 0.943 bits per heavy atom. The Kier molecular flexibility index (Phi) is 26.6. The van der Waals surface area contributed by atoms with Gasteiger partial charge in [-0.1, -0.05) is 122 Å². The van der Waals surface area contributed by atoms with Gasteiger partial charge in [-0.3, -0.25) is 19.2 Å². The van der Waals surface area contributed by atoms with E-state index in [0.717, 1.165) is 93.7 Å². The minimum atomic E-state index is -0.990. The van der Waals surface area contributed by atoms with Crippen LogP contribution in [0.5, 0.6) is 34.5 Å². The molecular formula is C94H102Cl2N8O19. The number of hydrogen-bond donors (Lipinski definition) is 1. The Bertz CT molecular complexity index is 5320. The van der Waals surface area contributed by atoms with Crippen LogP contribution in [0.4, 0.5) is 37.1 Å². The molecule has 0 spiro atoms. The first kappa shape index (κ1) is 85.4. The molecule has 123 heavy (non-hydrogen) atoms. The molecule has 4 unspecified atom stereocenters. The lowest BCUT2D eigenvalue weighted by Gasteiger charge is -2.43. The molecule has 17 rings (SSSR count). The van der Waals surface area contributed by atoms with Crippen LogP contribution in [-0.2, 0) is 63.9 Å². The fourth-order valence-corrected chi connectivity index (χ4v) is 18.8. The van der Waals surface area contributed by atoms with Crippen LogP contribution in [0.25, 0.3) is 21.5 Å². The zero-order chi connectivity index (χ0) is 85.5. The highest BCUT2D eigenvalue weighted by Gasteiger charge is 2.51. The maximum atomic E-state index is 14.8. The zero-order valence-corrected chi connectivity index (χ0v) is 70.8. The lowest BCUT2D eigenvalue weighted by Crippen LogP contribution is -2.58. The third kappa shape index (κ3) is 17.6. The maximum Gasteiger partial charge on any atom is 0.416 e. The van der Waals surface area contributed by atoms with Gasteiger partial charge in [0.2, 0.25) is 11.8 Å². The lowest BCUT2D eigenvalue weighted by atomic mass is 9.92. The third-order valence-corrected chi connectivity index (χ3v) is 25.2. The zero-order valence-electron chi connectivity index (χ0n) is 69.3. The molecule has 1 N–H and O–H groups in total. The Balaban J connectivity index is 0.000000184. The number of benzene rings is 8. The van der Waals surface area contributed by atoms with Crippen molar-refractivity contribution in [3.05, 3.63) is 203 Å². The van der Waals surface area contributed by atoms with E-state index in [0.29, 0.717) is 120 Å². The van der Waals surface area contributed by atoms with Crippen molar-refractivity contribution in [1.29, 1.82) is 0 Å². The Morgan fingerprint density at radius 3 is 1.39 bits per heavy atom. The van der Waals surface area contributed by atoms with Crippen molar-refractivity contribution in [2.45, 2.75) is 139 Å². The summed E-state index contributed by atoms with van der Waals surface area (Å²) >= 11 is 13.0.